The topological polar surface area (TPSA) is 67.9 Å². The highest BCUT2D eigenvalue weighted by atomic mass is 35.5. The van der Waals surface area contributed by atoms with Gasteiger partial charge in [-0.2, -0.15) is 8.78 Å². The number of hydrogen-bond donors (Lipinski definition) is 1. The summed E-state index contributed by atoms with van der Waals surface area (Å²) in [4.78, 5) is 18.0. The van der Waals surface area contributed by atoms with E-state index in [0.717, 1.165) is 4.90 Å². The summed E-state index contributed by atoms with van der Waals surface area (Å²) in [5.41, 5.74) is 2.62. The van der Waals surface area contributed by atoms with Crippen LogP contribution in [0.3, 0.4) is 0 Å². The van der Waals surface area contributed by atoms with Gasteiger partial charge in [0.2, 0.25) is 5.54 Å². The molecule has 28 heavy (non-hydrogen) atoms. The van der Waals surface area contributed by atoms with Gasteiger partial charge in [-0.1, -0.05) is 29.8 Å². The first kappa shape index (κ1) is 18.7. The van der Waals surface area contributed by atoms with Gasteiger partial charge in [-0.15, -0.1) is 0 Å². The number of carbonyl (C=O) groups is 1. The lowest BCUT2D eigenvalue weighted by Crippen LogP contribution is -2.65. The Labute approximate surface area is 165 Å². The zero-order valence-electron chi connectivity index (χ0n) is 15.5. The van der Waals surface area contributed by atoms with Gasteiger partial charge in [0.15, 0.2) is 11.6 Å². The molecule has 2 aromatic carbocycles. The lowest BCUT2D eigenvalue weighted by Gasteiger charge is -2.47. The van der Waals surface area contributed by atoms with Gasteiger partial charge in [0, 0.05) is 17.6 Å². The summed E-state index contributed by atoms with van der Waals surface area (Å²) in [6.45, 7) is 2.47. The molecular weight excluding hydrogens is 388 g/mol. The van der Waals surface area contributed by atoms with Gasteiger partial charge in [0.05, 0.1) is 0 Å². The molecule has 0 saturated carbocycles. The number of guanidine groups is 1. The smallest absolute Gasteiger partial charge is 0.324 e. The van der Waals surface area contributed by atoms with Crippen LogP contribution in [0.4, 0.5) is 8.78 Å². The maximum absolute atomic E-state index is 15.7. The molecule has 0 fully saturated rings. The predicted molar refractivity (Wildman–Crippen MR) is 103 cm³/mol. The molecule has 1 atom stereocenters. The first-order chi connectivity index (χ1) is 13.0. The van der Waals surface area contributed by atoms with Gasteiger partial charge >= 0.3 is 5.92 Å². The molecule has 8 heteroatoms. The van der Waals surface area contributed by atoms with Crippen molar-refractivity contribution in [3.63, 3.8) is 0 Å². The van der Waals surface area contributed by atoms with Crippen molar-refractivity contribution in [3.8, 4) is 16.9 Å². The average molecular weight is 406 g/mol. The summed E-state index contributed by atoms with van der Waals surface area (Å²) in [5, 5.41) is 0.506. The summed E-state index contributed by atoms with van der Waals surface area (Å²) in [6, 6.07) is 11.8. The van der Waals surface area contributed by atoms with Gasteiger partial charge in [-0.3, -0.25) is 9.69 Å². The van der Waals surface area contributed by atoms with E-state index in [1.54, 1.807) is 36.4 Å². The number of fused-ring (bicyclic) bond motifs is 2. The Balaban J connectivity index is 2.02. The van der Waals surface area contributed by atoms with Crippen LogP contribution in [0.2, 0.25) is 5.02 Å². The number of benzene rings is 2. The third-order valence-electron chi connectivity index (χ3n) is 5.34. The number of hydrogen-bond acceptors (Lipinski definition) is 4. The summed E-state index contributed by atoms with van der Waals surface area (Å²) in [6.07, 6.45) is 0. The van der Waals surface area contributed by atoms with E-state index in [9.17, 15) is 4.79 Å². The van der Waals surface area contributed by atoms with Crippen LogP contribution in [0.1, 0.15) is 19.4 Å². The van der Waals surface area contributed by atoms with Crippen LogP contribution in [0.25, 0.3) is 11.1 Å². The first-order valence-corrected chi connectivity index (χ1v) is 9.00. The van der Waals surface area contributed by atoms with Crippen molar-refractivity contribution in [2.45, 2.75) is 30.9 Å². The zero-order chi connectivity index (χ0) is 20.5. The fraction of sp³-hybridized carbons (Fsp3) is 0.300. The number of amides is 1. The van der Waals surface area contributed by atoms with Crippen molar-refractivity contribution in [1.82, 2.24) is 4.90 Å². The van der Waals surface area contributed by atoms with Crippen molar-refractivity contribution >= 4 is 23.5 Å². The quantitative estimate of drug-likeness (QED) is 0.784. The summed E-state index contributed by atoms with van der Waals surface area (Å²) in [7, 11) is 1.33. The fourth-order valence-corrected chi connectivity index (χ4v) is 3.90. The highest BCUT2D eigenvalue weighted by Crippen LogP contribution is 2.58. The number of alkyl halides is 2. The minimum atomic E-state index is -3.65. The van der Waals surface area contributed by atoms with Crippen LogP contribution >= 0.6 is 11.6 Å². The Bertz CT molecular complexity index is 1040. The van der Waals surface area contributed by atoms with Gasteiger partial charge in [-0.25, -0.2) is 4.99 Å². The Morgan fingerprint density at radius 3 is 2.43 bits per heavy atom. The van der Waals surface area contributed by atoms with Crippen molar-refractivity contribution < 1.29 is 18.3 Å². The zero-order valence-corrected chi connectivity index (χ0v) is 16.2. The molecular formula is C20H18ClF2N3O2. The van der Waals surface area contributed by atoms with Crippen LogP contribution in [0.5, 0.6) is 5.75 Å². The van der Waals surface area contributed by atoms with Crippen molar-refractivity contribution in [3.05, 3.63) is 53.1 Å². The average Bonchev–Trinajstić information content (AvgIpc) is 2.86. The molecule has 2 aliphatic rings. The van der Waals surface area contributed by atoms with E-state index in [-0.39, 0.29) is 17.3 Å². The molecule has 0 saturated heterocycles. The third kappa shape index (κ3) is 2.22. The molecule has 0 bridgehead atoms. The van der Waals surface area contributed by atoms with Gasteiger partial charge in [0.25, 0.3) is 5.91 Å². The predicted octanol–water partition coefficient (Wildman–Crippen LogP) is 3.80. The number of rotatable bonds is 1. The Morgan fingerprint density at radius 1 is 1.14 bits per heavy atom. The normalized spacial score (nSPS) is 24.7. The van der Waals surface area contributed by atoms with E-state index in [2.05, 4.69) is 4.99 Å². The van der Waals surface area contributed by atoms with E-state index < -0.39 is 23.0 Å². The molecule has 2 heterocycles. The fourth-order valence-electron chi connectivity index (χ4n) is 3.71. The molecule has 146 valence electrons. The van der Waals surface area contributed by atoms with E-state index in [4.69, 9.17) is 22.1 Å². The summed E-state index contributed by atoms with van der Waals surface area (Å²) >= 11 is 6.06. The minimum absolute atomic E-state index is 0.0217. The molecule has 1 spiro atoms. The molecule has 2 N–H and O–H groups in total. The number of likely N-dealkylation sites (N-methyl/N-ethyl adjacent to an activating group) is 1. The van der Waals surface area contributed by atoms with Gasteiger partial charge in [-0.05, 0) is 49.2 Å². The lowest BCUT2D eigenvalue weighted by atomic mass is 9.73. The highest BCUT2D eigenvalue weighted by Gasteiger charge is 2.74. The molecule has 0 radical (unpaired) electrons. The summed E-state index contributed by atoms with van der Waals surface area (Å²) < 4.78 is 36.9. The lowest BCUT2D eigenvalue weighted by molar-refractivity contribution is -0.208. The van der Waals surface area contributed by atoms with Gasteiger partial charge in [0.1, 0.15) is 5.75 Å². The Hall–Kier alpha value is -2.67. The number of halogens is 3. The standard InChI is InChI=1S/C20H18ClF2N3O2/c1-18(2)20(22,23)19(16(27)26(3)17(24)25-19)14-10-12(7-8-15(14)28-18)11-5-4-6-13(21)9-11/h4-10H,1-3H3,(H2,24,25). The number of nitrogens with two attached hydrogens (primary N) is 1. The van der Waals surface area contributed by atoms with Crippen molar-refractivity contribution in [1.29, 1.82) is 0 Å². The maximum Gasteiger partial charge on any atom is 0.324 e. The second kappa shape index (κ2) is 5.67. The first-order valence-electron chi connectivity index (χ1n) is 8.62. The summed E-state index contributed by atoms with van der Waals surface area (Å²) in [5.74, 6) is -4.63. The number of carbonyl (C=O) groups excluding carboxylic acids is 1. The Kier molecular flexibility index (Phi) is 3.78. The monoisotopic (exact) mass is 405 g/mol. The largest absolute Gasteiger partial charge is 0.481 e. The molecule has 1 unspecified atom stereocenters. The van der Waals surface area contributed by atoms with Crippen molar-refractivity contribution in [2.75, 3.05) is 7.05 Å². The number of ether oxygens (including phenoxy) is 1. The van der Waals surface area contributed by atoms with Crippen LogP contribution in [0, 0.1) is 0 Å². The van der Waals surface area contributed by atoms with Crippen LogP contribution in [0.15, 0.2) is 47.5 Å². The second-order valence-corrected chi connectivity index (χ2v) is 7.89. The molecule has 0 aliphatic carbocycles. The van der Waals surface area contributed by atoms with E-state index in [1.165, 1.54) is 27.0 Å². The minimum Gasteiger partial charge on any atom is -0.481 e. The van der Waals surface area contributed by atoms with E-state index >= 15 is 8.78 Å². The van der Waals surface area contributed by atoms with Crippen LogP contribution < -0.4 is 10.5 Å². The SMILES string of the molecule is CN1C(=O)C2(N=C1N)c1cc(-c3cccc(Cl)c3)ccc1OC(C)(C)C2(F)F. The van der Waals surface area contributed by atoms with E-state index in [1.807, 2.05) is 0 Å². The van der Waals surface area contributed by atoms with E-state index in [0.29, 0.717) is 16.1 Å². The van der Waals surface area contributed by atoms with Gasteiger partial charge < -0.3 is 10.5 Å². The second-order valence-electron chi connectivity index (χ2n) is 7.45. The van der Waals surface area contributed by atoms with Crippen LogP contribution in [-0.4, -0.2) is 35.3 Å². The number of aliphatic imine (C=N–C) groups is 1. The Morgan fingerprint density at radius 2 is 1.82 bits per heavy atom. The van der Waals surface area contributed by atoms with Crippen LogP contribution in [-0.2, 0) is 10.3 Å². The maximum atomic E-state index is 15.7. The molecule has 5 nitrogen and oxygen atoms in total. The molecule has 1 amide bonds. The molecule has 0 aromatic heterocycles. The molecule has 2 aliphatic heterocycles. The molecule has 4 rings (SSSR count). The van der Waals surface area contributed by atoms with Crippen molar-refractivity contribution in [2.24, 2.45) is 10.7 Å². The number of nitrogens with zero attached hydrogens (tertiary/aromatic N) is 2. The highest BCUT2D eigenvalue weighted by molar-refractivity contribution is 6.30. The molecule has 2 aromatic rings. The third-order valence-corrected chi connectivity index (χ3v) is 5.58.